The molecule has 1 saturated heterocycles. The lowest BCUT2D eigenvalue weighted by atomic mass is 9.87. The van der Waals surface area contributed by atoms with Crippen LogP contribution in [0.5, 0.6) is 0 Å². The first-order valence-corrected chi connectivity index (χ1v) is 5.22. The van der Waals surface area contributed by atoms with E-state index < -0.39 is 36.6 Å². The van der Waals surface area contributed by atoms with Crippen LogP contribution in [-0.2, 0) is 9.31 Å². The fourth-order valence-electron chi connectivity index (χ4n) is 1.27. The second-order valence-electron chi connectivity index (χ2n) is 5.00. The molecule has 0 amide bonds. The summed E-state index contributed by atoms with van der Waals surface area (Å²) in [5.41, 5.74) is -2.57. The molecule has 1 rings (SSSR count). The van der Waals surface area contributed by atoms with Gasteiger partial charge in [0.2, 0.25) is 0 Å². The molecule has 0 bridgehead atoms. The topological polar surface area (TPSA) is 18.5 Å². The van der Waals surface area contributed by atoms with E-state index in [-0.39, 0.29) is 0 Å². The smallest absolute Gasteiger partial charge is 0.398 e. The molecule has 17 heavy (non-hydrogen) atoms. The van der Waals surface area contributed by atoms with Gasteiger partial charge in [-0.3, -0.25) is 0 Å². The van der Waals surface area contributed by atoms with Gasteiger partial charge in [0.15, 0.2) is 0 Å². The lowest BCUT2D eigenvalue weighted by molar-refractivity contribution is -0.125. The van der Waals surface area contributed by atoms with Gasteiger partial charge in [-0.25, -0.2) is 4.39 Å². The van der Waals surface area contributed by atoms with Gasteiger partial charge >= 0.3 is 13.3 Å². The highest BCUT2D eigenvalue weighted by atomic mass is 19.4. The Labute approximate surface area is 98.1 Å². The first-order valence-electron chi connectivity index (χ1n) is 5.22. The van der Waals surface area contributed by atoms with E-state index in [2.05, 4.69) is 0 Å². The summed E-state index contributed by atoms with van der Waals surface area (Å²) in [7, 11) is -1.36. The third kappa shape index (κ3) is 3.45. The van der Waals surface area contributed by atoms with E-state index in [0.717, 1.165) is 0 Å². The minimum Gasteiger partial charge on any atom is -0.398 e. The van der Waals surface area contributed by atoms with Gasteiger partial charge in [-0.1, -0.05) is 0 Å². The second-order valence-corrected chi connectivity index (χ2v) is 5.00. The molecule has 1 heterocycles. The number of hydrogen-bond donors (Lipinski definition) is 0. The Balaban J connectivity index is 2.72. The zero-order valence-electron chi connectivity index (χ0n) is 10.2. The highest BCUT2D eigenvalue weighted by Gasteiger charge is 2.53. The Morgan fingerprint density at radius 3 is 1.88 bits per heavy atom. The summed E-state index contributed by atoms with van der Waals surface area (Å²) < 4.78 is 59.7. The quantitative estimate of drug-likeness (QED) is 0.555. The van der Waals surface area contributed by atoms with Gasteiger partial charge in [0.25, 0.3) is 0 Å². The van der Waals surface area contributed by atoms with Crippen molar-refractivity contribution in [2.45, 2.75) is 51.5 Å². The number of hydrogen-bond acceptors (Lipinski definition) is 2. The molecular formula is C10H15BF4O2. The third-order valence-electron chi connectivity index (χ3n) is 3.01. The molecule has 0 atom stereocenters. The predicted molar refractivity (Wildman–Crippen MR) is 55.9 cm³/mol. The van der Waals surface area contributed by atoms with Crippen molar-refractivity contribution in [3.63, 3.8) is 0 Å². The van der Waals surface area contributed by atoms with Crippen molar-refractivity contribution in [2.24, 2.45) is 0 Å². The van der Waals surface area contributed by atoms with Crippen LogP contribution in [0.1, 0.15) is 34.1 Å². The Morgan fingerprint density at radius 1 is 1.12 bits per heavy atom. The van der Waals surface area contributed by atoms with Gasteiger partial charge < -0.3 is 9.31 Å². The molecule has 98 valence electrons. The summed E-state index contributed by atoms with van der Waals surface area (Å²) >= 11 is 0. The van der Waals surface area contributed by atoms with E-state index in [1.807, 2.05) is 0 Å². The van der Waals surface area contributed by atoms with Crippen molar-refractivity contribution in [2.75, 3.05) is 0 Å². The monoisotopic (exact) mass is 254 g/mol. The van der Waals surface area contributed by atoms with Crippen molar-refractivity contribution in [1.29, 1.82) is 0 Å². The molecule has 0 aromatic heterocycles. The van der Waals surface area contributed by atoms with Gasteiger partial charge in [-0.05, 0) is 33.8 Å². The van der Waals surface area contributed by atoms with Gasteiger partial charge in [-0.2, -0.15) is 13.2 Å². The van der Waals surface area contributed by atoms with Crippen LogP contribution in [0.4, 0.5) is 17.6 Å². The molecule has 0 aliphatic carbocycles. The van der Waals surface area contributed by atoms with Crippen LogP contribution in [0.3, 0.4) is 0 Å². The van der Waals surface area contributed by atoms with Crippen LogP contribution in [0.25, 0.3) is 0 Å². The van der Waals surface area contributed by atoms with Crippen LogP contribution in [0.2, 0.25) is 0 Å². The summed E-state index contributed by atoms with van der Waals surface area (Å²) in [6.07, 6.45) is -5.31. The van der Waals surface area contributed by atoms with E-state index >= 15 is 0 Å². The molecule has 0 saturated carbocycles. The molecular weight excluding hydrogens is 239 g/mol. The zero-order chi connectivity index (χ0) is 13.5. The van der Waals surface area contributed by atoms with E-state index in [0.29, 0.717) is 6.08 Å². The fourth-order valence-corrected chi connectivity index (χ4v) is 1.27. The van der Waals surface area contributed by atoms with Crippen molar-refractivity contribution in [1.82, 2.24) is 0 Å². The second kappa shape index (κ2) is 4.28. The van der Waals surface area contributed by atoms with Crippen LogP contribution in [0.15, 0.2) is 11.8 Å². The van der Waals surface area contributed by atoms with Gasteiger partial charge in [0.05, 0.1) is 17.6 Å². The molecule has 7 heteroatoms. The standard InChI is InChI=1S/C10H15BF4O2/c1-8(2)9(3,4)17-11(16-8)7(12)5-6-10(13,14)15/h5H,6H2,1-4H3/b7-5-. The zero-order valence-corrected chi connectivity index (χ0v) is 10.2. The summed E-state index contributed by atoms with van der Waals surface area (Å²) in [5.74, 6) is 0. The molecule has 0 aromatic carbocycles. The van der Waals surface area contributed by atoms with Gasteiger partial charge in [-0.15, -0.1) is 0 Å². The summed E-state index contributed by atoms with van der Waals surface area (Å²) in [5, 5.41) is 0. The maximum atomic E-state index is 13.4. The lowest BCUT2D eigenvalue weighted by Crippen LogP contribution is -2.41. The highest BCUT2D eigenvalue weighted by molar-refractivity contribution is 6.53. The van der Waals surface area contributed by atoms with Crippen LogP contribution >= 0.6 is 0 Å². The third-order valence-corrected chi connectivity index (χ3v) is 3.01. The maximum Gasteiger partial charge on any atom is 0.524 e. The largest absolute Gasteiger partial charge is 0.524 e. The van der Waals surface area contributed by atoms with Crippen molar-refractivity contribution in [3.05, 3.63) is 11.8 Å². The molecule has 0 aromatic rings. The Bertz CT molecular complexity index is 307. The average Bonchev–Trinajstić information content (AvgIpc) is 2.31. The number of rotatable bonds is 2. The van der Waals surface area contributed by atoms with Crippen molar-refractivity contribution < 1.29 is 26.9 Å². The molecule has 1 aliphatic rings. The molecule has 0 spiro atoms. The van der Waals surface area contributed by atoms with Gasteiger partial charge in [0.1, 0.15) is 5.73 Å². The lowest BCUT2D eigenvalue weighted by Gasteiger charge is -2.32. The summed E-state index contributed by atoms with van der Waals surface area (Å²) in [6.45, 7) is 6.79. The predicted octanol–water partition coefficient (Wildman–Crippen LogP) is 3.42. The van der Waals surface area contributed by atoms with Crippen molar-refractivity contribution in [3.8, 4) is 0 Å². The maximum absolute atomic E-state index is 13.4. The summed E-state index contributed by atoms with van der Waals surface area (Å²) in [4.78, 5) is 0. The van der Waals surface area contributed by atoms with Crippen LogP contribution in [-0.4, -0.2) is 24.5 Å². The Morgan fingerprint density at radius 2 is 1.53 bits per heavy atom. The molecule has 2 nitrogen and oxygen atoms in total. The number of halogens is 4. The van der Waals surface area contributed by atoms with E-state index in [9.17, 15) is 17.6 Å². The molecule has 0 N–H and O–H groups in total. The minimum atomic E-state index is -4.43. The van der Waals surface area contributed by atoms with Crippen LogP contribution < -0.4 is 0 Å². The van der Waals surface area contributed by atoms with Gasteiger partial charge in [0, 0.05) is 0 Å². The Hall–Kier alpha value is -0.555. The minimum absolute atomic E-state index is 0.447. The normalized spacial score (nSPS) is 24.2. The molecule has 0 radical (unpaired) electrons. The first-order chi connectivity index (χ1) is 7.45. The summed E-state index contributed by atoms with van der Waals surface area (Å²) in [6, 6.07) is 0. The molecule has 0 unspecified atom stereocenters. The number of allylic oxidation sites excluding steroid dienone is 1. The Kier molecular flexibility index (Phi) is 3.65. The highest BCUT2D eigenvalue weighted by Crippen LogP contribution is 2.39. The van der Waals surface area contributed by atoms with Crippen molar-refractivity contribution >= 4 is 7.12 Å². The van der Waals surface area contributed by atoms with Crippen LogP contribution in [0, 0.1) is 0 Å². The van der Waals surface area contributed by atoms with E-state index in [4.69, 9.17) is 9.31 Å². The SMILES string of the molecule is CC1(C)OB(/C(F)=C/CC(F)(F)F)OC1(C)C. The molecule has 1 aliphatic heterocycles. The molecule has 1 fully saturated rings. The fraction of sp³-hybridized carbons (Fsp3) is 0.800. The van der Waals surface area contributed by atoms with E-state index in [1.165, 1.54) is 0 Å². The van der Waals surface area contributed by atoms with E-state index in [1.54, 1.807) is 27.7 Å². The number of alkyl halides is 3. The first kappa shape index (κ1) is 14.5. The average molecular weight is 254 g/mol.